The lowest BCUT2D eigenvalue weighted by molar-refractivity contribution is -0.128. The molecule has 2 fully saturated rings. The van der Waals surface area contributed by atoms with Crippen molar-refractivity contribution in [1.29, 1.82) is 5.26 Å². The van der Waals surface area contributed by atoms with Crippen LogP contribution in [0.3, 0.4) is 0 Å². The number of nitrogens with zero attached hydrogens (tertiary/aromatic N) is 7. The Morgan fingerprint density at radius 2 is 2.05 bits per heavy atom. The average Bonchev–Trinajstić information content (AvgIpc) is 3.29. The number of benzene rings is 1. The van der Waals surface area contributed by atoms with E-state index >= 15 is 0 Å². The first kappa shape index (κ1) is 30.8. The molecule has 1 amide bonds. The number of hydrogen-bond donors (Lipinski definition) is 0. The van der Waals surface area contributed by atoms with Crippen molar-refractivity contribution in [3.8, 4) is 12.1 Å². The van der Waals surface area contributed by atoms with Gasteiger partial charge in [-0.2, -0.15) is 15.2 Å². The van der Waals surface area contributed by atoms with Crippen molar-refractivity contribution in [2.45, 2.75) is 64.6 Å². The number of piperazine rings is 1. The van der Waals surface area contributed by atoms with Gasteiger partial charge < -0.3 is 24.3 Å². The molecular formula is C33H42ClN7O2. The molecule has 1 aromatic carbocycles. The second-order valence-electron chi connectivity index (χ2n) is 11.7. The van der Waals surface area contributed by atoms with Gasteiger partial charge in [-0.1, -0.05) is 36.4 Å². The highest BCUT2D eigenvalue weighted by atomic mass is 35.5. The van der Waals surface area contributed by atoms with Crippen molar-refractivity contribution in [2.75, 3.05) is 51.3 Å². The van der Waals surface area contributed by atoms with E-state index in [0.29, 0.717) is 44.8 Å². The fourth-order valence-electron chi connectivity index (χ4n) is 6.66. The molecule has 10 heteroatoms. The monoisotopic (exact) mass is 603 g/mol. The van der Waals surface area contributed by atoms with Crippen LogP contribution in [0.2, 0.25) is 5.02 Å². The van der Waals surface area contributed by atoms with Crippen LogP contribution >= 0.6 is 11.6 Å². The van der Waals surface area contributed by atoms with Crippen LogP contribution in [0.25, 0.3) is 5.70 Å². The number of aromatic nitrogens is 2. The predicted molar refractivity (Wildman–Crippen MR) is 170 cm³/mol. The van der Waals surface area contributed by atoms with Crippen molar-refractivity contribution in [2.24, 2.45) is 0 Å². The van der Waals surface area contributed by atoms with Crippen molar-refractivity contribution in [3.63, 3.8) is 0 Å². The standard InChI is InChI=1S/C33H42ClN7O2/c1-5-29(31-23(3)10-7-13-27(31)34)39-17-9-12-26-28(21-39)36-33(43-22-25-11-8-16-38(25)4)37-32(26)40-18-19-41(30(42)6-2)24(20-40)14-15-35/h5-7,10,13,24-25H,2,8-9,11-12,14,16-22H2,1,3-4H3/b29-5+/t24-,25-/m0/s1. The lowest BCUT2D eigenvalue weighted by Crippen LogP contribution is -2.55. The summed E-state index contributed by atoms with van der Waals surface area (Å²) in [6.07, 6.45) is 7.72. The number of anilines is 1. The summed E-state index contributed by atoms with van der Waals surface area (Å²) < 4.78 is 6.32. The number of likely N-dealkylation sites (tertiary alicyclic amines) is 1. The van der Waals surface area contributed by atoms with Crippen LogP contribution in [0.4, 0.5) is 5.82 Å². The molecule has 0 N–H and O–H groups in total. The predicted octanol–water partition coefficient (Wildman–Crippen LogP) is 4.84. The Morgan fingerprint density at radius 3 is 2.74 bits per heavy atom. The highest BCUT2D eigenvalue weighted by molar-refractivity contribution is 6.32. The van der Waals surface area contributed by atoms with E-state index in [2.05, 4.69) is 60.4 Å². The third-order valence-corrected chi connectivity index (χ3v) is 9.30. The first-order chi connectivity index (χ1) is 20.8. The maximum absolute atomic E-state index is 12.6. The Hall–Kier alpha value is -3.61. The van der Waals surface area contributed by atoms with Crippen molar-refractivity contribution >= 4 is 29.0 Å². The van der Waals surface area contributed by atoms with E-state index < -0.39 is 0 Å². The Morgan fingerprint density at radius 1 is 1.21 bits per heavy atom. The number of allylic oxidation sites excluding steroid dienone is 1. The van der Waals surface area contributed by atoms with Crippen LogP contribution in [-0.4, -0.2) is 89.0 Å². The number of carbonyl (C=O) groups excluding carboxylic acids is 1. The molecule has 2 aromatic rings. The van der Waals surface area contributed by atoms with Gasteiger partial charge in [0.1, 0.15) is 12.4 Å². The van der Waals surface area contributed by atoms with Gasteiger partial charge in [0.2, 0.25) is 5.91 Å². The molecule has 0 aliphatic carbocycles. The van der Waals surface area contributed by atoms with E-state index in [0.717, 1.165) is 77.7 Å². The molecule has 2 atom stereocenters. The summed E-state index contributed by atoms with van der Waals surface area (Å²) in [5.74, 6) is 0.710. The highest BCUT2D eigenvalue weighted by Crippen LogP contribution is 2.35. The largest absolute Gasteiger partial charge is 0.462 e. The molecule has 1 aromatic heterocycles. The van der Waals surface area contributed by atoms with Crippen LogP contribution in [-0.2, 0) is 17.8 Å². The molecule has 228 valence electrons. The highest BCUT2D eigenvalue weighted by Gasteiger charge is 2.33. The number of fused-ring (bicyclic) bond motifs is 1. The van der Waals surface area contributed by atoms with Crippen molar-refractivity contribution < 1.29 is 9.53 Å². The number of carbonyl (C=O) groups is 1. The molecule has 0 bridgehead atoms. The van der Waals surface area contributed by atoms with Gasteiger partial charge >= 0.3 is 6.01 Å². The van der Waals surface area contributed by atoms with Crippen molar-refractivity contribution in [3.05, 3.63) is 64.3 Å². The van der Waals surface area contributed by atoms with E-state index in [4.69, 9.17) is 26.3 Å². The topological polar surface area (TPSA) is 88.8 Å². The van der Waals surface area contributed by atoms with E-state index in [1.807, 2.05) is 12.1 Å². The van der Waals surface area contributed by atoms with Crippen LogP contribution in [0.15, 0.2) is 36.9 Å². The molecule has 0 spiro atoms. The van der Waals surface area contributed by atoms with Gasteiger partial charge in [0.25, 0.3) is 0 Å². The molecule has 3 aliphatic heterocycles. The number of likely N-dealkylation sites (N-methyl/N-ethyl adjacent to an activating group) is 1. The molecule has 3 aliphatic rings. The van der Waals surface area contributed by atoms with Gasteiger partial charge in [0.05, 0.1) is 35.8 Å². The number of hydrogen-bond acceptors (Lipinski definition) is 8. The van der Waals surface area contributed by atoms with E-state index in [9.17, 15) is 10.1 Å². The molecule has 0 unspecified atom stereocenters. The molecule has 5 rings (SSSR count). The number of rotatable bonds is 8. The Labute approximate surface area is 260 Å². The molecule has 2 saturated heterocycles. The number of amides is 1. The van der Waals surface area contributed by atoms with Crippen LogP contribution in [0.5, 0.6) is 6.01 Å². The summed E-state index contributed by atoms with van der Waals surface area (Å²) in [4.78, 5) is 31.3. The molecular weight excluding hydrogens is 562 g/mol. The quantitative estimate of drug-likeness (QED) is 0.396. The third kappa shape index (κ3) is 6.66. The minimum Gasteiger partial charge on any atom is -0.462 e. The Balaban J connectivity index is 1.50. The first-order valence-electron chi connectivity index (χ1n) is 15.3. The summed E-state index contributed by atoms with van der Waals surface area (Å²) in [5.41, 5.74) is 5.33. The van der Waals surface area contributed by atoms with Gasteiger partial charge in [0, 0.05) is 49.0 Å². The normalized spacial score (nSPS) is 21.3. The number of aryl methyl sites for hydroxylation is 1. The molecule has 4 heterocycles. The number of nitriles is 1. The Kier molecular flexibility index (Phi) is 9.89. The maximum Gasteiger partial charge on any atom is 0.318 e. The molecule has 43 heavy (non-hydrogen) atoms. The van der Waals surface area contributed by atoms with Gasteiger partial charge in [-0.3, -0.25) is 4.79 Å². The second-order valence-corrected chi connectivity index (χ2v) is 12.1. The number of halogens is 1. The Bertz CT molecular complexity index is 1400. The summed E-state index contributed by atoms with van der Waals surface area (Å²) in [6.45, 7) is 12.5. The molecule has 0 saturated carbocycles. The lowest BCUT2D eigenvalue weighted by Gasteiger charge is -2.41. The second kappa shape index (κ2) is 13.8. The zero-order valence-electron chi connectivity index (χ0n) is 25.6. The number of ether oxygens (including phenoxy) is 1. The maximum atomic E-state index is 12.6. The zero-order valence-corrected chi connectivity index (χ0v) is 26.3. The zero-order chi connectivity index (χ0) is 30.5. The van der Waals surface area contributed by atoms with E-state index in [1.165, 1.54) is 6.08 Å². The fraction of sp³-hybridized carbons (Fsp3) is 0.515. The van der Waals surface area contributed by atoms with Gasteiger partial charge in [-0.05, 0) is 70.8 Å². The summed E-state index contributed by atoms with van der Waals surface area (Å²) in [6, 6.07) is 8.77. The summed E-state index contributed by atoms with van der Waals surface area (Å²) >= 11 is 6.73. The lowest BCUT2D eigenvalue weighted by atomic mass is 10.0. The van der Waals surface area contributed by atoms with Crippen molar-refractivity contribution in [1.82, 2.24) is 24.7 Å². The fourth-order valence-corrected chi connectivity index (χ4v) is 6.98. The van der Waals surface area contributed by atoms with Gasteiger partial charge in [-0.25, -0.2) is 0 Å². The minimum absolute atomic E-state index is 0.143. The van der Waals surface area contributed by atoms with Gasteiger partial charge in [-0.15, -0.1) is 0 Å². The summed E-state index contributed by atoms with van der Waals surface area (Å²) in [7, 11) is 2.14. The third-order valence-electron chi connectivity index (χ3n) is 8.98. The average molecular weight is 604 g/mol. The minimum atomic E-state index is -0.244. The molecule has 0 radical (unpaired) electrons. The summed E-state index contributed by atoms with van der Waals surface area (Å²) in [5, 5.41) is 10.3. The smallest absolute Gasteiger partial charge is 0.318 e. The SMILES string of the molecule is C=CC(=O)N1CCN(c2nc(OC[C@@H]3CCCN3C)nc3c2CCCN(/C(=C/C)c2c(C)cccc2Cl)C3)C[C@@H]1CC#N. The van der Waals surface area contributed by atoms with Crippen LogP contribution in [0.1, 0.15) is 55.0 Å². The van der Waals surface area contributed by atoms with Crippen LogP contribution < -0.4 is 9.64 Å². The van der Waals surface area contributed by atoms with E-state index in [1.54, 1.807) is 4.90 Å². The van der Waals surface area contributed by atoms with Crippen LogP contribution in [0, 0.1) is 18.3 Å². The van der Waals surface area contributed by atoms with E-state index in [-0.39, 0.29) is 18.4 Å². The molecule has 9 nitrogen and oxygen atoms in total. The first-order valence-corrected chi connectivity index (χ1v) is 15.7. The van der Waals surface area contributed by atoms with Gasteiger partial charge in [0.15, 0.2) is 0 Å².